The Morgan fingerprint density at radius 2 is 1.88 bits per heavy atom. The number of halogens is 1. The van der Waals surface area contributed by atoms with Crippen molar-refractivity contribution < 1.29 is 9.59 Å². The maximum Gasteiger partial charge on any atom is 0.217 e. The molecule has 1 aromatic rings. The van der Waals surface area contributed by atoms with Gasteiger partial charge in [-0.25, -0.2) is 0 Å². The fourth-order valence-corrected chi connectivity index (χ4v) is 5.49. The van der Waals surface area contributed by atoms with Crippen LogP contribution in [0.2, 0.25) is 5.02 Å². The quantitative estimate of drug-likeness (QED) is 0.726. The van der Waals surface area contributed by atoms with Crippen LogP contribution in [0.1, 0.15) is 61.5 Å². The summed E-state index contributed by atoms with van der Waals surface area (Å²) in [5.41, 5.74) is 0. The molecule has 0 unspecified atom stereocenters. The SMILES string of the molecule is CC(=O)N[C@H]1CC[C@H](CCN2CCC(C(=O)c3sccc3Cl)CC2)CC1. The van der Waals surface area contributed by atoms with Crippen molar-refractivity contribution >= 4 is 34.6 Å². The Hall–Kier alpha value is -0.910. The number of carbonyl (C=O) groups is 2. The van der Waals surface area contributed by atoms with Crippen molar-refractivity contribution in [3.63, 3.8) is 0 Å². The number of carbonyl (C=O) groups excluding carboxylic acids is 2. The van der Waals surface area contributed by atoms with Gasteiger partial charge in [-0.05, 0) is 81.9 Å². The van der Waals surface area contributed by atoms with Crippen LogP contribution in [0.15, 0.2) is 11.4 Å². The van der Waals surface area contributed by atoms with Crippen LogP contribution in [0.5, 0.6) is 0 Å². The molecule has 0 aromatic carbocycles. The molecule has 1 N–H and O–H groups in total. The van der Waals surface area contributed by atoms with Crippen LogP contribution in [-0.4, -0.2) is 42.3 Å². The first-order chi connectivity index (χ1) is 12.5. The van der Waals surface area contributed by atoms with Gasteiger partial charge in [0.2, 0.25) is 5.91 Å². The fourth-order valence-electron chi connectivity index (χ4n) is 4.32. The van der Waals surface area contributed by atoms with E-state index in [2.05, 4.69) is 10.2 Å². The summed E-state index contributed by atoms with van der Waals surface area (Å²) in [5, 5.41) is 5.55. The van der Waals surface area contributed by atoms with E-state index in [1.165, 1.54) is 30.6 Å². The molecule has 4 nitrogen and oxygen atoms in total. The predicted octanol–water partition coefficient (Wildman–Crippen LogP) is 4.38. The first-order valence-electron chi connectivity index (χ1n) is 9.79. The van der Waals surface area contributed by atoms with Crippen molar-refractivity contribution in [2.45, 2.75) is 57.9 Å². The number of amides is 1. The zero-order valence-electron chi connectivity index (χ0n) is 15.5. The molecule has 1 aliphatic heterocycles. The largest absolute Gasteiger partial charge is 0.354 e. The molecule has 1 aromatic heterocycles. The smallest absolute Gasteiger partial charge is 0.217 e. The van der Waals surface area contributed by atoms with Gasteiger partial charge in [-0.15, -0.1) is 11.3 Å². The van der Waals surface area contributed by atoms with E-state index in [9.17, 15) is 9.59 Å². The van der Waals surface area contributed by atoms with Crippen LogP contribution < -0.4 is 5.32 Å². The van der Waals surface area contributed by atoms with Crippen molar-refractivity contribution in [2.75, 3.05) is 19.6 Å². The molecule has 0 bridgehead atoms. The maximum atomic E-state index is 12.6. The summed E-state index contributed by atoms with van der Waals surface area (Å²) in [6.45, 7) is 4.77. The van der Waals surface area contributed by atoms with Crippen LogP contribution >= 0.6 is 22.9 Å². The number of rotatable bonds is 6. The molecule has 0 radical (unpaired) electrons. The summed E-state index contributed by atoms with van der Waals surface area (Å²) in [5.74, 6) is 1.25. The van der Waals surface area contributed by atoms with Crippen molar-refractivity contribution in [3.05, 3.63) is 21.3 Å². The first kappa shape index (κ1) is 19.8. The minimum atomic E-state index is 0.0923. The van der Waals surface area contributed by atoms with E-state index >= 15 is 0 Å². The molecule has 1 saturated carbocycles. The predicted molar refractivity (Wildman–Crippen MR) is 107 cm³/mol. The maximum absolute atomic E-state index is 12.6. The highest BCUT2D eigenvalue weighted by atomic mass is 35.5. The highest BCUT2D eigenvalue weighted by Crippen LogP contribution is 2.30. The third-order valence-electron chi connectivity index (χ3n) is 5.91. The molecule has 1 saturated heterocycles. The highest BCUT2D eigenvalue weighted by molar-refractivity contribution is 7.12. The van der Waals surface area contributed by atoms with Gasteiger partial charge in [0.25, 0.3) is 0 Å². The zero-order chi connectivity index (χ0) is 18.5. The van der Waals surface area contributed by atoms with E-state index in [1.807, 2.05) is 11.4 Å². The van der Waals surface area contributed by atoms with E-state index < -0.39 is 0 Å². The average Bonchev–Trinajstić information content (AvgIpc) is 3.06. The minimum absolute atomic E-state index is 0.0923. The Kier molecular flexibility index (Phi) is 7.12. The zero-order valence-corrected chi connectivity index (χ0v) is 17.1. The molecule has 1 aliphatic carbocycles. The standard InChI is InChI=1S/C20H29ClN2O2S/c1-14(24)22-17-4-2-15(3-5-17)6-10-23-11-7-16(8-12-23)19(25)20-18(21)9-13-26-20/h9,13,15-17H,2-8,10-12H2,1H3,(H,22,24)/t15-,17-. The molecule has 6 heteroatoms. The van der Waals surface area contributed by atoms with E-state index in [-0.39, 0.29) is 17.6 Å². The molecule has 0 atom stereocenters. The molecule has 2 fully saturated rings. The lowest BCUT2D eigenvalue weighted by atomic mass is 9.83. The Balaban J connectivity index is 1.35. The number of Topliss-reactive ketones (excluding diaryl/α,β-unsaturated/α-hetero) is 1. The van der Waals surface area contributed by atoms with Crippen molar-refractivity contribution in [3.8, 4) is 0 Å². The molecule has 2 heterocycles. The molecule has 144 valence electrons. The van der Waals surface area contributed by atoms with Gasteiger partial charge in [-0.2, -0.15) is 0 Å². The summed E-state index contributed by atoms with van der Waals surface area (Å²) in [7, 11) is 0. The monoisotopic (exact) mass is 396 g/mol. The summed E-state index contributed by atoms with van der Waals surface area (Å²) in [6, 6.07) is 2.20. The number of likely N-dealkylation sites (tertiary alicyclic amines) is 1. The van der Waals surface area contributed by atoms with E-state index in [4.69, 9.17) is 11.6 Å². The topological polar surface area (TPSA) is 49.4 Å². The lowest BCUT2D eigenvalue weighted by Crippen LogP contribution is -2.39. The van der Waals surface area contributed by atoms with E-state index in [1.54, 1.807) is 6.92 Å². The number of ketones is 1. The second-order valence-electron chi connectivity index (χ2n) is 7.78. The Labute approximate surface area is 165 Å². The van der Waals surface area contributed by atoms with Crippen LogP contribution in [-0.2, 0) is 4.79 Å². The Morgan fingerprint density at radius 1 is 1.19 bits per heavy atom. The van der Waals surface area contributed by atoms with Gasteiger partial charge in [0, 0.05) is 18.9 Å². The molecule has 1 amide bonds. The molecular formula is C20H29ClN2O2S. The van der Waals surface area contributed by atoms with Crippen molar-refractivity contribution in [1.29, 1.82) is 0 Å². The van der Waals surface area contributed by atoms with E-state index in [0.717, 1.165) is 56.1 Å². The van der Waals surface area contributed by atoms with Gasteiger partial charge in [0.05, 0.1) is 9.90 Å². The van der Waals surface area contributed by atoms with Crippen LogP contribution in [0.4, 0.5) is 0 Å². The Morgan fingerprint density at radius 3 is 2.46 bits per heavy atom. The van der Waals surface area contributed by atoms with Crippen molar-refractivity contribution in [1.82, 2.24) is 10.2 Å². The van der Waals surface area contributed by atoms with Crippen LogP contribution in [0.3, 0.4) is 0 Å². The van der Waals surface area contributed by atoms with Gasteiger partial charge in [-0.1, -0.05) is 11.6 Å². The highest BCUT2D eigenvalue weighted by Gasteiger charge is 2.28. The van der Waals surface area contributed by atoms with Gasteiger partial charge >= 0.3 is 0 Å². The summed E-state index contributed by atoms with van der Waals surface area (Å²) >= 11 is 7.58. The summed E-state index contributed by atoms with van der Waals surface area (Å²) < 4.78 is 0. The second-order valence-corrected chi connectivity index (χ2v) is 9.11. The molecule has 3 rings (SSSR count). The number of nitrogens with zero attached hydrogens (tertiary/aromatic N) is 1. The summed E-state index contributed by atoms with van der Waals surface area (Å²) in [4.78, 5) is 27.0. The first-order valence-corrected chi connectivity index (χ1v) is 11.1. The fraction of sp³-hybridized carbons (Fsp3) is 0.700. The minimum Gasteiger partial charge on any atom is -0.354 e. The van der Waals surface area contributed by atoms with Gasteiger partial charge in [0.15, 0.2) is 5.78 Å². The number of hydrogen-bond donors (Lipinski definition) is 1. The molecule has 0 spiro atoms. The third kappa shape index (κ3) is 5.30. The van der Waals surface area contributed by atoms with Crippen LogP contribution in [0, 0.1) is 11.8 Å². The lowest BCUT2D eigenvalue weighted by Gasteiger charge is -2.34. The van der Waals surface area contributed by atoms with Gasteiger partial charge < -0.3 is 10.2 Å². The molecule has 26 heavy (non-hydrogen) atoms. The molecular weight excluding hydrogens is 368 g/mol. The lowest BCUT2D eigenvalue weighted by molar-refractivity contribution is -0.119. The molecule has 2 aliphatic rings. The van der Waals surface area contributed by atoms with Crippen molar-refractivity contribution in [2.24, 2.45) is 11.8 Å². The van der Waals surface area contributed by atoms with Gasteiger partial charge in [-0.3, -0.25) is 9.59 Å². The number of hydrogen-bond acceptors (Lipinski definition) is 4. The number of thiophene rings is 1. The van der Waals surface area contributed by atoms with Gasteiger partial charge in [0.1, 0.15) is 0 Å². The number of piperidine rings is 1. The normalized spacial score (nSPS) is 25.2. The second kappa shape index (κ2) is 9.34. The summed E-state index contributed by atoms with van der Waals surface area (Å²) in [6.07, 6.45) is 7.80. The van der Waals surface area contributed by atoms with E-state index in [0.29, 0.717) is 11.1 Å². The number of nitrogens with one attached hydrogen (secondary N) is 1. The van der Waals surface area contributed by atoms with Crippen LogP contribution in [0.25, 0.3) is 0 Å². The third-order valence-corrected chi connectivity index (χ3v) is 7.26. The average molecular weight is 397 g/mol. The Bertz CT molecular complexity index is 617.